The van der Waals surface area contributed by atoms with E-state index >= 15 is 0 Å². The van der Waals surface area contributed by atoms with Crippen molar-refractivity contribution < 1.29 is 9.53 Å². The van der Waals surface area contributed by atoms with Gasteiger partial charge in [0.1, 0.15) is 0 Å². The number of methoxy groups -OCH3 is 1. The fourth-order valence-corrected chi connectivity index (χ4v) is 1.29. The Morgan fingerprint density at radius 1 is 1.60 bits per heavy atom. The number of anilines is 1. The van der Waals surface area contributed by atoms with Crippen LogP contribution in [0.25, 0.3) is 0 Å². The van der Waals surface area contributed by atoms with Gasteiger partial charge < -0.3 is 10.5 Å². The molecule has 0 spiro atoms. The molecule has 0 amide bonds. The van der Waals surface area contributed by atoms with Crippen molar-refractivity contribution in [2.24, 2.45) is 0 Å². The Bertz CT molecular complexity index is 433. The van der Waals surface area contributed by atoms with Gasteiger partial charge in [0, 0.05) is 5.69 Å². The van der Waals surface area contributed by atoms with Crippen molar-refractivity contribution in [3.8, 4) is 6.07 Å². The van der Waals surface area contributed by atoms with Crippen molar-refractivity contribution in [1.29, 1.82) is 5.26 Å². The largest absolute Gasteiger partial charge is 0.469 e. The Hall–Kier alpha value is -2.02. The number of nitriles is 1. The third-order valence-corrected chi connectivity index (χ3v) is 2.17. The zero-order valence-corrected chi connectivity index (χ0v) is 8.70. The Labute approximate surface area is 88.3 Å². The number of ether oxygens (including phenoxy) is 1. The molecule has 0 aromatic heterocycles. The number of nitrogens with zero attached hydrogens (tertiary/aromatic N) is 1. The van der Waals surface area contributed by atoms with Gasteiger partial charge in [-0.05, 0) is 24.1 Å². The normalized spacial score (nSPS) is 9.40. The number of aryl methyl sites for hydroxylation is 1. The van der Waals surface area contributed by atoms with Crippen LogP contribution in [0.1, 0.15) is 16.7 Å². The molecule has 1 aromatic carbocycles. The van der Waals surface area contributed by atoms with Crippen molar-refractivity contribution in [1.82, 2.24) is 0 Å². The van der Waals surface area contributed by atoms with Crippen molar-refractivity contribution in [3.05, 3.63) is 28.8 Å². The van der Waals surface area contributed by atoms with Crippen LogP contribution < -0.4 is 5.73 Å². The summed E-state index contributed by atoms with van der Waals surface area (Å²) in [6.45, 7) is 1.80. The molecule has 0 heterocycles. The monoisotopic (exact) mass is 204 g/mol. The highest BCUT2D eigenvalue weighted by Gasteiger charge is 2.09. The third-order valence-electron chi connectivity index (χ3n) is 2.17. The molecule has 0 radical (unpaired) electrons. The van der Waals surface area contributed by atoms with Gasteiger partial charge in [0.15, 0.2) is 0 Å². The molecule has 78 valence electrons. The predicted molar refractivity (Wildman–Crippen MR) is 56.0 cm³/mol. The summed E-state index contributed by atoms with van der Waals surface area (Å²) in [5.41, 5.74) is 8.19. The average Bonchev–Trinajstić information content (AvgIpc) is 2.22. The van der Waals surface area contributed by atoms with Crippen molar-refractivity contribution in [3.63, 3.8) is 0 Å². The summed E-state index contributed by atoms with van der Waals surface area (Å²) < 4.78 is 4.55. The number of rotatable bonds is 2. The number of carbonyl (C=O) groups is 1. The molecular formula is C11H12N2O2. The van der Waals surface area contributed by atoms with Crippen LogP contribution in [0.3, 0.4) is 0 Å². The number of hydrogen-bond donors (Lipinski definition) is 1. The lowest BCUT2D eigenvalue weighted by atomic mass is 10.0. The first-order valence-electron chi connectivity index (χ1n) is 4.44. The van der Waals surface area contributed by atoms with Gasteiger partial charge in [-0.25, -0.2) is 0 Å². The van der Waals surface area contributed by atoms with Gasteiger partial charge in [0.05, 0.1) is 25.2 Å². The Kier molecular flexibility index (Phi) is 3.29. The van der Waals surface area contributed by atoms with E-state index in [2.05, 4.69) is 4.74 Å². The van der Waals surface area contributed by atoms with Gasteiger partial charge in [-0.2, -0.15) is 5.26 Å². The molecule has 4 nitrogen and oxygen atoms in total. The second-order valence-corrected chi connectivity index (χ2v) is 3.23. The van der Waals surface area contributed by atoms with E-state index in [4.69, 9.17) is 11.0 Å². The zero-order valence-electron chi connectivity index (χ0n) is 8.70. The summed E-state index contributed by atoms with van der Waals surface area (Å²) in [5.74, 6) is -0.342. The van der Waals surface area contributed by atoms with E-state index in [-0.39, 0.29) is 12.4 Å². The highest BCUT2D eigenvalue weighted by molar-refractivity contribution is 5.75. The van der Waals surface area contributed by atoms with Gasteiger partial charge in [0.25, 0.3) is 0 Å². The predicted octanol–water partition coefficient (Wildman–Crippen LogP) is 1.16. The average molecular weight is 204 g/mol. The maximum absolute atomic E-state index is 11.1. The summed E-state index contributed by atoms with van der Waals surface area (Å²) in [4.78, 5) is 11.1. The second-order valence-electron chi connectivity index (χ2n) is 3.23. The van der Waals surface area contributed by atoms with E-state index in [9.17, 15) is 4.79 Å². The van der Waals surface area contributed by atoms with Gasteiger partial charge in [-0.3, -0.25) is 4.79 Å². The van der Waals surface area contributed by atoms with E-state index < -0.39 is 0 Å². The van der Waals surface area contributed by atoms with Crippen LogP contribution in [0.2, 0.25) is 0 Å². The van der Waals surface area contributed by atoms with Gasteiger partial charge >= 0.3 is 5.97 Å². The molecule has 0 fully saturated rings. The number of hydrogen-bond acceptors (Lipinski definition) is 4. The summed E-state index contributed by atoms with van der Waals surface area (Å²) >= 11 is 0. The summed E-state index contributed by atoms with van der Waals surface area (Å²) in [6, 6.07) is 5.35. The summed E-state index contributed by atoms with van der Waals surface area (Å²) in [6.07, 6.45) is 0.134. The molecule has 0 aliphatic heterocycles. The first kappa shape index (κ1) is 11.1. The molecule has 0 aliphatic rings. The Morgan fingerprint density at radius 2 is 2.27 bits per heavy atom. The fourth-order valence-electron chi connectivity index (χ4n) is 1.29. The Morgan fingerprint density at radius 3 is 2.80 bits per heavy atom. The molecular weight excluding hydrogens is 192 g/mol. The smallest absolute Gasteiger partial charge is 0.310 e. The van der Waals surface area contributed by atoms with Crippen LogP contribution >= 0.6 is 0 Å². The van der Waals surface area contributed by atoms with Crippen LogP contribution in [-0.2, 0) is 16.0 Å². The number of nitrogen functional groups attached to an aromatic ring is 1. The molecule has 0 saturated carbocycles. The van der Waals surface area contributed by atoms with Crippen LogP contribution in [0, 0.1) is 18.3 Å². The van der Waals surface area contributed by atoms with Crippen LogP contribution in [0.5, 0.6) is 0 Å². The van der Waals surface area contributed by atoms with E-state index in [0.29, 0.717) is 16.8 Å². The molecule has 1 aromatic rings. The lowest BCUT2D eigenvalue weighted by molar-refractivity contribution is -0.139. The second kappa shape index (κ2) is 4.47. The highest BCUT2D eigenvalue weighted by atomic mass is 16.5. The number of esters is 1. The van der Waals surface area contributed by atoms with Crippen LogP contribution in [-0.4, -0.2) is 13.1 Å². The maximum Gasteiger partial charge on any atom is 0.310 e. The molecule has 1 rings (SSSR count). The molecule has 4 heteroatoms. The quantitative estimate of drug-likeness (QED) is 0.579. The van der Waals surface area contributed by atoms with Crippen LogP contribution in [0.15, 0.2) is 12.1 Å². The van der Waals surface area contributed by atoms with E-state index in [0.717, 1.165) is 5.56 Å². The Balaban J connectivity index is 3.06. The van der Waals surface area contributed by atoms with E-state index in [1.54, 1.807) is 19.1 Å². The van der Waals surface area contributed by atoms with E-state index in [1.165, 1.54) is 7.11 Å². The topological polar surface area (TPSA) is 76.1 Å². The lowest BCUT2D eigenvalue weighted by Gasteiger charge is -2.07. The zero-order chi connectivity index (χ0) is 11.4. The molecule has 0 saturated heterocycles. The number of nitrogens with two attached hydrogens (primary N) is 1. The molecule has 2 N–H and O–H groups in total. The SMILES string of the molecule is COC(=O)Cc1cc(C)c(C#N)cc1N. The van der Waals surface area contributed by atoms with Gasteiger partial charge in [-0.15, -0.1) is 0 Å². The minimum atomic E-state index is -0.342. The van der Waals surface area contributed by atoms with Crippen molar-refractivity contribution in [2.75, 3.05) is 12.8 Å². The lowest BCUT2D eigenvalue weighted by Crippen LogP contribution is -2.07. The van der Waals surface area contributed by atoms with Crippen molar-refractivity contribution in [2.45, 2.75) is 13.3 Å². The van der Waals surface area contributed by atoms with Gasteiger partial charge in [-0.1, -0.05) is 6.07 Å². The summed E-state index contributed by atoms with van der Waals surface area (Å²) in [5, 5.41) is 8.76. The van der Waals surface area contributed by atoms with Crippen LogP contribution in [0.4, 0.5) is 5.69 Å². The van der Waals surface area contributed by atoms with Crippen molar-refractivity contribution >= 4 is 11.7 Å². The number of carbonyl (C=O) groups excluding carboxylic acids is 1. The fraction of sp³-hybridized carbons (Fsp3) is 0.273. The third kappa shape index (κ3) is 2.47. The number of benzene rings is 1. The minimum Gasteiger partial charge on any atom is -0.469 e. The minimum absolute atomic E-state index is 0.134. The van der Waals surface area contributed by atoms with E-state index in [1.807, 2.05) is 6.07 Å². The molecule has 0 unspecified atom stereocenters. The maximum atomic E-state index is 11.1. The first-order chi connectivity index (χ1) is 7.08. The molecule has 0 bridgehead atoms. The standard InChI is InChI=1S/C11H12N2O2/c1-7-3-8(5-11(14)15-2)10(13)4-9(7)6-12/h3-4H,5,13H2,1-2H3. The first-order valence-corrected chi connectivity index (χ1v) is 4.44. The highest BCUT2D eigenvalue weighted by Crippen LogP contribution is 2.18. The molecule has 0 atom stereocenters. The van der Waals surface area contributed by atoms with Gasteiger partial charge in [0.2, 0.25) is 0 Å². The molecule has 15 heavy (non-hydrogen) atoms. The molecule has 0 aliphatic carbocycles. The summed E-state index contributed by atoms with van der Waals surface area (Å²) in [7, 11) is 1.33.